The zero-order chi connectivity index (χ0) is 23.1. The summed E-state index contributed by atoms with van der Waals surface area (Å²) in [4.78, 5) is 41.4. The van der Waals surface area contributed by atoms with Gasteiger partial charge in [0.25, 0.3) is 11.8 Å². The van der Waals surface area contributed by atoms with Crippen molar-refractivity contribution < 1.29 is 27.9 Å². The Morgan fingerprint density at radius 3 is 2.59 bits per heavy atom. The van der Waals surface area contributed by atoms with E-state index in [-0.39, 0.29) is 35.0 Å². The summed E-state index contributed by atoms with van der Waals surface area (Å²) in [6, 6.07) is 8.41. The van der Waals surface area contributed by atoms with Gasteiger partial charge in [0.15, 0.2) is 0 Å². The van der Waals surface area contributed by atoms with Gasteiger partial charge in [0, 0.05) is 35.4 Å². The summed E-state index contributed by atoms with van der Waals surface area (Å²) in [5.74, 6) is -1.72. The minimum Gasteiger partial charge on any atom is -0.420 e. The second kappa shape index (κ2) is 7.90. The van der Waals surface area contributed by atoms with Crippen LogP contribution in [-0.2, 0) is 9.59 Å². The van der Waals surface area contributed by atoms with Gasteiger partial charge >= 0.3 is 5.57 Å². The maximum atomic E-state index is 12.7. The number of hydrogen-bond donors (Lipinski definition) is 4. The number of aromatic nitrogens is 1. The van der Waals surface area contributed by atoms with Crippen molar-refractivity contribution in [3.63, 3.8) is 0 Å². The molecular formula is C20H18ClF2N5O4. The van der Waals surface area contributed by atoms with Crippen LogP contribution in [0.1, 0.15) is 23.7 Å². The van der Waals surface area contributed by atoms with Crippen LogP contribution in [0, 0.1) is 11.3 Å². The minimum atomic E-state index is -3.83. The Hall–Kier alpha value is -3.47. The van der Waals surface area contributed by atoms with Crippen LogP contribution in [0.3, 0.4) is 0 Å². The lowest BCUT2D eigenvalue weighted by atomic mass is 9.85. The number of anilines is 2. The number of carbonyl (C=O) groups is 3. The lowest BCUT2D eigenvalue weighted by Gasteiger charge is -2.22. The second-order valence-electron chi connectivity index (χ2n) is 7.63. The van der Waals surface area contributed by atoms with E-state index in [1.165, 1.54) is 42.6 Å². The molecule has 1 aliphatic heterocycles. The van der Waals surface area contributed by atoms with E-state index in [0.29, 0.717) is 5.69 Å². The van der Waals surface area contributed by atoms with Crippen molar-refractivity contribution in [2.75, 3.05) is 5.32 Å². The van der Waals surface area contributed by atoms with Crippen molar-refractivity contribution >= 4 is 40.8 Å². The third-order valence-electron chi connectivity index (χ3n) is 5.48. The molecule has 0 bridgehead atoms. The predicted molar refractivity (Wildman–Crippen MR) is 109 cm³/mol. The Morgan fingerprint density at radius 2 is 1.97 bits per heavy atom. The number of amides is 3. The molecule has 1 aromatic heterocycles. The normalized spacial score (nSPS) is 23.6. The molecule has 0 radical (unpaired) electrons. The first-order valence-corrected chi connectivity index (χ1v) is 9.95. The summed E-state index contributed by atoms with van der Waals surface area (Å²) in [6.45, 7) is 1.55. The molecule has 1 aromatic carbocycles. The maximum Gasteiger partial charge on any atom is 0.487 e. The number of piperidine rings is 1. The van der Waals surface area contributed by atoms with E-state index < -0.39 is 22.8 Å². The van der Waals surface area contributed by atoms with Gasteiger partial charge in [-0.2, -0.15) is 0 Å². The second-order valence-corrected chi connectivity index (χ2v) is 8.07. The smallest absolute Gasteiger partial charge is 0.420 e. The standard InChI is InChI=1S/C20H18ClF2N5O4/c1-19(13-9-14(13)26-17(19)30)18(31)28-27-16(29)12-3-2-8-24-15(12)25-10-4-6-11(7-5-10)32-20(21,22)23/h2-8,13-14H,9H2,1H3,(H,24,25)(H,26,30)(H,27,29)(H,28,31). The van der Waals surface area contributed by atoms with Crippen molar-refractivity contribution in [1.29, 1.82) is 0 Å². The van der Waals surface area contributed by atoms with Crippen LogP contribution >= 0.6 is 11.6 Å². The maximum absolute atomic E-state index is 12.7. The lowest BCUT2D eigenvalue weighted by Crippen LogP contribution is -2.52. The summed E-state index contributed by atoms with van der Waals surface area (Å²) < 4.78 is 29.7. The monoisotopic (exact) mass is 465 g/mol. The van der Waals surface area contributed by atoms with Crippen LogP contribution in [0.5, 0.6) is 5.75 Å². The summed E-state index contributed by atoms with van der Waals surface area (Å²) >= 11 is 4.74. The zero-order valence-electron chi connectivity index (χ0n) is 16.6. The van der Waals surface area contributed by atoms with Gasteiger partial charge in [-0.1, -0.05) is 0 Å². The molecule has 2 aliphatic rings. The van der Waals surface area contributed by atoms with E-state index in [0.717, 1.165) is 6.42 Å². The van der Waals surface area contributed by atoms with E-state index in [1.807, 2.05) is 0 Å². The number of halogens is 3. The Morgan fingerprint density at radius 1 is 1.25 bits per heavy atom. The van der Waals surface area contributed by atoms with Crippen molar-refractivity contribution in [2.45, 2.75) is 25.0 Å². The fourth-order valence-electron chi connectivity index (χ4n) is 3.63. The quantitative estimate of drug-likeness (QED) is 0.295. The van der Waals surface area contributed by atoms with Crippen LogP contribution in [0.25, 0.3) is 0 Å². The number of carbonyl (C=O) groups excluding carboxylic acids is 3. The van der Waals surface area contributed by atoms with Gasteiger partial charge in [0.05, 0.1) is 5.56 Å². The molecule has 168 valence electrons. The van der Waals surface area contributed by atoms with Crippen LogP contribution in [0.4, 0.5) is 20.3 Å². The highest BCUT2D eigenvalue weighted by atomic mass is 35.5. The molecule has 1 saturated heterocycles. The van der Waals surface area contributed by atoms with E-state index in [4.69, 9.17) is 11.6 Å². The number of nitrogens with one attached hydrogen (secondary N) is 4. The molecule has 2 fully saturated rings. The van der Waals surface area contributed by atoms with E-state index in [9.17, 15) is 23.2 Å². The molecule has 12 heteroatoms. The molecule has 3 amide bonds. The number of hydrazine groups is 1. The Balaban J connectivity index is 1.41. The zero-order valence-corrected chi connectivity index (χ0v) is 17.4. The van der Waals surface area contributed by atoms with Crippen LogP contribution in [-0.4, -0.2) is 34.3 Å². The molecule has 4 rings (SSSR count). The van der Waals surface area contributed by atoms with Crippen LogP contribution in [0.2, 0.25) is 0 Å². The van der Waals surface area contributed by atoms with Crippen molar-refractivity contribution in [2.24, 2.45) is 11.3 Å². The number of rotatable bonds is 6. The van der Waals surface area contributed by atoms with Gasteiger partial charge in [-0.25, -0.2) is 4.98 Å². The molecule has 9 nitrogen and oxygen atoms in total. The van der Waals surface area contributed by atoms with Gasteiger partial charge in [-0.15, -0.1) is 8.78 Å². The summed E-state index contributed by atoms with van der Waals surface area (Å²) in [5.41, 5.74) is 0.0866. The Kier molecular flexibility index (Phi) is 5.37. The van der Waals surface area contributed by atoms with Crippen molar-refractivity contribution in [3.8, 4) is 5.75 Å². The number of pyridine rings is 1. The first kappa shape index (κ1) is 21.8. The third-order valence-corrected chi connectivity index (χ3v) is 5.56. The summed E-state index contributed by atoms with van der Waals surface area (Å²) in [6.07, 6.45) is 2.17. The SMILES string of the molecule is CC1(C(=O)NNC(=O)c2cccnc2Nc2ccc(OC(F)(F)Cl)cc2)C(=O)NC2CC21. The molecule has 32 heavy (non-hydrogen) atoms. The molecule has 1 aliphatic carbocycles. The first-order valence-electron chi connectivity index (χ1n) is 9.57. The van der Waals surface area contributed by atoms with Crippen molar-refractivity contribution in [1.82, 2.24) is 21.2 Å². The van der Waals surface area contributed by atoms with Gasteiger partial charge in [0.1, 0.15) is 17.0 Å². The van der Waals surface area contributed by atoms with Gasteiger partial charge in [0.2, 0.25) is 5.91 Å². The average Bonchev–Trinajstić information content (AvgIpc) is 3.46. The Labute approximate surface area is 185 Å². The largest absolute Gasteiger partial charge is 0.487 e. The molecule has 1 saturated carbocycles. The molecule has 3 unspecified atom stereocenters. The summed E-state index contributed by atoms with van der Waals surface area (Å²) in [5, 5.41) is 5.63. The minimum absolute atomic E-state index is 0.00975. The van der Waals surface area contributed by atoms with Gasteiger partial charge in [-0.05, 0) is 49.7 Å². The average molecular weight is 466 g/mol. The fraction of sp³-hybridized carbons (Fsp3) is 0.300. The molecule has 2 aromatic rings. The molecule has 4 N–H and O–H groups in total. The van der Waals surface area contributed by atoms with Crippen molar-refractivity contribution in [3.05, 3.63) is 48.2 Å². The van der Waals surface area contributed by atoms with Crippen LogP contribution in [0.15, 0.2) is 42.6 Å². The molecule has 3 atom stereocenters. The van der Waals surface area contributed by atoms with E-state index >= 15 is 0 Å². The lowest BCUT2D eigenvalue weighted by molar-refractivity contribution is -0.142. The third kappa shape index (κ3) is 4.28. The van der Waals surface area contributed by atoms with Gasteiger partial charge in [-0.3, -0.25) is 25.2 Å². The Bertz CT molecular complexity index is 1080. The number of benzene rings is 1. The number of nitrogens with zero attached hydrogens (tertiary/aromatic N) is 1. The number of fused-ring (bicyclic) bond motifs is 1. The number of alkyl halides is 3. The molecule has 2 heterocycles. The topological polar surface area (TPSA) is 121 Å². The van der Waals surface area contributed by atoms with Crippen LogP contribution < -0.4 is 26.2 Å². The molecule has 0 spiro atoms. The van der Waals surface area contributed by atoms with Gasteiger partial charge < -0.3 is 15.4 Å². The highest BCUT2D eigenvalue weighted by molar-refractivity contribution is 6.20. The highest BCUT2D eigenvalue weighted by Crippen LogP contribution is 2.51. The fourth-order valence-corrected chi connectivity index (χ4v) is 3.72. The number of hydrogen-bond acceptors (Lipinski definition) is 6. The predicted octanol–water partition coefficient (Wildman–Crippen LogP) is 2.28. The molecular weight excluding hydrogens is 448 g/mol. The summed E-state index contributed by atoms with van der Waals surface area (Å²) in [7, 11) is 0. The first-order chi connectivity index (χ1) is 15.1. The number of ether oxygens (including phenoxy) is 1. The van der Waals surface area contributed by atoms with E-state index in [1.54, 1.807) is 6.92 Å². The van der Waals surface area contributed by atoms with E-state index in [2.05, 4.69) is 31.2 Å². The highest BCUT2D eigenvalue weighted by Gasteiger charge is 2.65.